The summed E-state index contributed by atoms with van der Waals surface area (Å²) in [6.45, 7) is 2.31. The first-order chi connectivity index (χ1) is 7.68. The molecule has 0 aliphatic carbocycles. The minimum Gasteiger partial charge on any atom is -0.0622 e. The summed E-state index contributed by atoms with van der Waals surface area (Å²) >= 11 is 0. The van der Waals surface area contributed by atoms with Crippen molar-refractivity contribution in [3.05, 3.63) is 71.8 Å². The molecule has 0 aliphatic heterocycles. The highest BCUT2D eigenvalue weighted by Gasteiger charge is 2.20. The maximum atomic E-state index is 2.31. The summed E-state index contributed by atoms with van der Waals surface area (Å²) in [4.78, 5) is 0. The van der Waals surface area contributed by atoms with E-state index < -0.39 is 0 Å². The molecule has 0 aromatic heterocycles. The van der Waals surface area contributed by atoms with Gasteiger partial charge in [0, 0.05) is 10.2 Å². The van der Waals surface area contributed by atoms with Crippen molar-refractivity contribution in [3.8, 4) is 0 Å². The van der Waals surface area contributed by atoms with E-state index in [1.165, 1.54) is 11.1 Å². The molecule has 0 spiro atoms. The summed E-state index contributed by atoms with van der Waals surface area (Å²) in [5.41, 5.74) is 2.82. The van der Waals surface area contributed by atoms with Crippen LogP contribution in [0.3, 0.4) is 0 Å². The first kappa shape index (κ1) is 11.2. The Bertz CT molecular complexity index is 432. The van der Waals surface area contributed by atoms with Crippen molar-refractivity contribution >= 4 is 10.2 Å². The van der Waals surface area contributed by atoms with Gasteiger partial charge >= 0.3 is 0 Å². The molecule has 1 radical (unpaired) electrons. The van der Waals surface area contributed by atoms with E-state index in [4.69, 9.17) is 0 Å². The molecule has 0 fully saturated rings. The second-order valence-electron chi connectivity index (χ2n) is 4.59. The Morgan fingerprint density at radius 1 is 0.875 bits per heavy atom. The van der Waals surface area contributed by atoms with Crippen molar-refractivity contribution in [2.24, 2.45) is 0 Å². The molecule has 1 heteroatoms. The highest BCUT2D eigenvalue weighted by molar-refractivity contribution is 6.15. The lowest BCUT2D eigenvalue weighted by Crippen LogP contribution is -2.25. The highest BCUT2D eigenvalue weighted by Crippen LogP contribution is 2.24. The molecule has 1 atom stereocenters. The zero-order valence-corrected chi connectivity index (χ0v) is 11.1. The van der Waals surface area contributed by atoms with E-state index in [-0.39, 0.29) is 5.04 Å². The van der Waals surface area contributed by atoms with Crippen LogP contribution >= 0.6 is 0 Å². The van der Waals surface area contributed by atoms with E-state index in [1.807, 2.05) is 0 Å². The van der Waals surface area contributed by atoms with Crippen molar-refractivity contribution in [1.29, 1.82) is 0 Å². The minimum absolute atomic E-state index is 0.225. The Labute approximate surface area is 101 Å². The minimum atomic E-state index is 0.225. The summed E-state index contributed by atoms with van der Waals surface area (Å²) in [7, 11) is 2.07. The van der Waals surface area contributed by atoms with Crippen LogP contribution in [0.25, 0.3) is 0 Å². The summed E-state index contributed by atoms with van der Waals surface area (Å²) in [6, 6.07) is 21.4. The van der Waals surface area contributed by atoms with Gasteiger partial charge in [-0.2, -0.15) is 0 Å². The van der Waals surface area contributed by atoms with Crippen LogP contribution in [0.2, 0.25) is 0 Å². The molecule has 0 nitrogen and oxygen atoms in total. The van der Waals surface area contributed by atoms with Crippen molar-refractivity contribution in [3.63, 3.8) is 0 Å². The number of rotatable bonds is 3. The zero-order valence-electron chi connectivity index (χ0n) is 9.69. The monoisotopic (exact) mass is 225 g/mol. The predicted molar refractivity (Wildman–Crippen MR) is 72.5 cm³/mol. The topological polar surface area (TPSA) is 0 Å². The fourth-order valence-corrected chi connectivity index (χ4v) is 2.51. The van der Waals surface area contributed by atoms with Crippen LogP contribution in [0.4, 0.5) is 0 Å². The average Bonchev–Trinajstić information content (AvgIpc) is 2.31. The van der Waals surface area contributed by atoms with E-state index in [1.54, 1.807) is 0 Å². The lowest BCUT2D eigenvalue weighted by Gasteiger charge is -2.25. The maximum absolute atomic E-state index is 2.31. The predicted octanol–water partition coefficient (Wildman–Crippen LogP) is 2.78. The second-order valence-corrected chi connectivity index (χ2v) is 6.15. The first-order valence-electron chi connectivity index (χ1n) is 5.63. The van der Waals surface area contributed by atoms with Crippen LogP contribution in [0.5, 0.6) is 0 Å². The zero-order chi connectivity index (χ0) is 11.4. The van der Waals surface area contributed by atoms with Crippen molar-refractivity contribution in [1.82, 2.24) is 0 Å². The van der Waals surface area contributed by atoms with Gasteiger partial charge in [-0.3, -0.25) is 0 Å². The third-order valence-electron chi connectivity index (χ3n) is 2.91. The summed E-state index contributed by atoms with van der Waals surface area (Å²) < 4.78 is 0. The number of benzene rings is 2. The van der Waals surface area contributed by atoms with Crippen LogP contribution in [0.15, 0.2) is 60.7 Å². The third kappa shape index (κ3) is 2.61. The summed E-state index contributed by atoms with van der Waals surface area (Å²) in [5.74, 6) is 0. The quantitative estimate of drug-likeness (QED) is 0.705. The molecule has 0 bridgehead atoms. The molecule has 0 N–H and O–H groups in total. The van der Waals surface area contributed by atoms with Crippen LogP contribution in [0.1, 0.15) is 18.1 Å². The van der Waals surface area contributed by atoms with Crippen LogP contribution in [0, 0.1) is 0 Å². The molecule has 2 rings (SSSR count). The van der Waals surface area contributed by atoms with Gasteiger partial charge in [-0.1, -0.05) is 67.6 Å². The van der Waals surface area contributed by atoms with Gasteiger partial charge in [-0.25, -0.2) is 0 Å². The maximum Gasteiger partial charge on any atom is 0.0222 e. The van der Waals surface area contributed by atoms with Gasteiger partial charge in [-0.15, -0.1) is 0 Å². The molecule has 1 unspecified atom stereocenters. The molecule has 0 amide bonds. The highest BCUT2D eigenvalue weighted by atomic mass is 28.1. The van der Waals surface area contributed by atoms with Crippen molar-refractivity contribution in [2.45, 2.75) is 18.4 Å². The SMILES string of the molecule is CC([SiH2])(Cc1ccccc1)c1ccccc1. The normalized spacial score (nSPS) is 14.4. The number of hydrogen-bond donors (Lipinski definition) is 0. The smallest absolute Gasteiger partial charge is 0.0222 e. The molecular weight excluding hydrogens is 208 g/mol. The van der Waals surface area contributed by atoms with Gasteiger partial charge in [-0.05, 0) is 22.6 Å². The molecule has 16 heavy (non-hydrogen) atoms. The molecule has 0 saturated carbocycles. The van der Waals surface area contributed by atoms with Crippen molar-refractivity contribution in [2.75, 3.05) is 0 Å². The summed E-state index contributed by atoms with van der Waals surface area (Å²) in [6.07, 6.45) is 1.09. The Morgan fingerprint density at radius 3 is 1.94 bits per heavy atom. The lowest BCUT2D eigenvalue weighted by atomic mass is 9.92. The fourth-order valence-electron chi connectivity index (χ4n) is 1.99. The second kappa shape index (κ2) is 4.66. The van der Waals surface area contributed by atoms with Crippen LogP contribution < -0.4 is 0 Å². The van der Waals surface area contributed by atoms with E-state index >= 15 is 0 Å². The molecule has 0 aliphatic rings. The van der Waals surface area contributed by atoms with E-state index in [0.29, 0.717) is 0 Å². The van der Waals surface area contributed by atoms with Crippen molar-refractivity contribution < 1.29 is 0 Å². The third-order valence-corrected chi connectivity index (χ3v) is 3.57. The molecule has 0 saturated heterocycles. The Balaban J connectivity index is 2.21. The van der Waals surface area contributed by atoms with E-state index in [2.05, 4.69) is 77.8 Å². The van der Waals surface area contributed by atoms with Gasteiger partial charge in [0.15, 0.2) is 0 Å². The van der Waals surface area contributed by atoms with E-state index in [9.17, 15) is 0 Å². The van der Waals surface area contributed by atoms with Crippen LogP contribution in [-0.2, 0) is 11.5 Å². The lowest BCUT2D eigenvalue weighted by molar-refractivity contribution is 0.671. The van der Waals surface area contributed by atoms with Gasteiger partial charge in [0.2, 0.25) is 0 Å². The Hall–Kier alpha value is -1.34. The molecule has 0 heterocycles. The van der Waals surface area contributed by atoms with Gasteiger partial charge in [0.05, 0.1) is 0 Å². The fraction of sp³-hybridized carbons (Fsp3) is 0.200. The van der Waals surface area contributed by atoms with Crippen LogP contribution in [-0.4, -0.2) is 10.2 Å². The van der Waals surface area contributed by atoms with Gasteiger partial charge < -0.3 is 0 Å². The first-order valence-corrected chi connectivity index (χ1v) is 6.34. The number of hydrogen-bond acceptors (Lipinski definition) is 0. The molecule has 2 aromatic carbocycles. The summed E-state index contributed by atoms with van der Waals surface area (Å²) in [5, 5.41) is 0.225. The van der Waals surface area contributed by atoms with E-state index in [0.717, 1.165) is 6.42 Å². The molecule has 2 aromatic rings. The molecular formula is C15H17Si. The van der Waals surface area contributed by atoms with Gasteiger partial charge in [0.25, 0.3) is 0 Å². The Morgan fingerprint density at radius 2 is 1.38 bits per heavy atom. The molecule has 81 valence electrons. The standard InChI is InChI=1S/C15H17Si/c1-15(16,14-10-6-3-7-11-14)12-13-8-4-2-5-9-13/h2-11H,12,16H2,1H3. The Kier molecular flexibility index (Phi) is 3.25. The largest absolute Gasteiger partial charge is 0.0622 e. The average molecular weight is 225 g/mol. The van der Waals surface area contributed by atoms with Gasteiger partial charge in [0.1, 0.15) is 0 Å².